The molecule has 2 aromatic heterocycles. The maximum atomic E-state index is 13.7. The molecule has 0 saturated carbocycles. The molecule has 0 aliphatic rings. The first kappa shape index (κ1) is 28.0. The fourth-order valence-corrected chi connectivity index (χ4v) is 5.39. The van der Waals surface area contributed by atoms with E-state index in [1.54, 1.807) is 24.3 Å². The van der Waals surface area contributed by atoms with Crippen molar-refractivity contribution >= 4 is 44.7 Å². The van der Waals surface area contributed by atoms with Crippen LogP contribution >= 0.6 is 0 Å². The Kier molecular flexibility index (Phi) is 7.34. The number of amides is 1. The van der Waals surface area contributed by atoms with Gasteiger partial charge in [-0.1, -0.05) is 36.4 Å². The van der Waals surface area contributed by atoms with E-state index >= 15 is 0 Å². The van der Waals surface area contributed by atoms with Gasteiger partial charge in [0.05, 0.1) is 35.0 Å². The van der Waals surface area contributed by atoms with E-state index < -0.39 is 23.0 Å². The molecule has 0 bridgehead atoms. The normalized spacial score (nSPS) is 12.0. The fourth-order valence-electron chi connectivity index (χ4n) is 5.08. The van der Waals surface area contributed by atoms with Crippen LogP contribution in [0.25, 0.3) is 44.3 Å². The summed E-state index contributed by atoms with van der Waals surface area (Å²) < 4.78 is 46.5. The van der Waals surface area contributed by atoms with Gasteiger partial charge in [0.15, 0.2) is 0 Å². The van der Waals surface area contributed by atoms with E-state index in [1.165, 1.54) is 55.3 Å². The van der Waals surface area contributed by atoms with Crippen LogP contribution < -0.4 is 15.2 Å². The number of rotatable bonds is 7. The van der Waals surface area contributed by atoms with Crippen LogP contribution in [0.3, 0.4) is 0 Å². The molecule has 9 nitrogen and oxygen atoms in total. The second-order valence-electron chi connectivity index (χ2n) is 9.87. The Bertz CT molecular complexity index is 2090. The van der Waals surface area contributed by atoms with E-state index in [0.717, 1.165) is 9.87 Å². The van der Waals surface area contributed by atoms with Crippen LogP contribution in [0.1, 0.15) is 15.9 Å². The summed E-state index contributed by atoms with van der Waals surface area (Å²) in [6, 6.07) is 23.3. The SMILES string of the molecule is CNC(=O)c1c(-c2ccc(F)cc2)oc2cc(N(C)S(=O)[O-])c(-c3ccc4ncn(Cc5ccccc5)c(=O)c4c3)cc12. The Hall–Kier alpha value is -5.13. The number of hydrogen-bond acceptors (Lipinski definition) is 6. The van der Waals surface area contributed by atoms with Crippen molar-refractivity contribution in [3.63, 3.8) is 0 Å². The van der Waals surface area contributed by atoms with Crippen molar-refractivity contribution in [2.45, 2.75) is 6.54 Å². The number of carbonyl (C=O) groups excluding carboxylic acids is 1. The third-order valence-electron chi connectivity index (χ3n) is 7.26. The zero-order chi connectivity index (χ0) is 30.2. The standard InChI is InChI=1S/C32H25FN4O5S/c1-34-31(38)29-25-15-23(27(36(2)43(40)41)16-28(25)42-30(29)20-8-11-22(33)12-9-20)21-10-13-26-24(14-21)32(39)37(18-35-26)17-19-6-4-3-5-7-19/h3-16,18H,17H2,1-2H3,(H,34,38)(H,40,41)/p-1. The number of hydrogen-bond donors (Lipinski definition) is 1. The van der Waals surface area contributed by atoms with E-state index in [0.29, 0.717) is 39.5 Å². The van der Waals surface area contributed by atoms with Crippen LogP contribution in [-0.2, 0) is 17.8 Å². The van der Waals surface area contributed by atoms with Gasteiger partial charge >= 0.3 is 0 Å². The second kappa shape index (κ2) is 11.3. The summed E-state index contributed by atoms with van der Waals surface area (Å²) in [5.41, 5.74) is 3.32. The monoisotopic (exact) mass is 595 g/mol. The van der Waals surface area contributed by atoms with Gasteiger partial charge in [0, 0.05) is 47.9 Å². The summed E-state index contributed by atoms with van der Waals surface area (Å²) in [7, 11) is 2.86. The average molecular weight is 596 g/mol. The van der Waals surface area contributed by atoms with Crippen molar-refractivity contribution in [3.05, 3.63) is 119 Å². The summed E-state index contributed by atoms with van der Waals surface area (Å²) >= 11 is -2.65. The largest absolute Gasteiger partial charge is 0.755 e. The molecule has 11 heteroatoms. The molecule has 1 amide bonds. The lowest BCUT2D eigenvalue weighted by atomic mass is 9.97. The lowest BCUT2D eigenvalue weighted by molar-refractivity contribution is 0.0964. The molecule has 2 heterocycles. The lowest BCUT2D eigenvalue weighted by Gasteiger charge is -2.24. The van der Waals surface area contributed by atoms with Crippen molar-refractivity contribution in [1.29, 1.82) is 0 Å². The van der Waals surface area contributed by atoms with E-state index in [4.69, 9.17) is 4.42 Å². The first-order valence-corrected chi connectivity index (χ1v) is 14.2. The van der Waals surface area contributed by atoms with Crippen molar-refractivity contribution < 1.29 is 22.4 Å². The molecule has 43 heavy (non-hydrogen) atoms. The molecule has 1 N–H and O–H groups in total. The van der Waals surface area contributed by atoms with Crippen molar-refractivity contribution in [3.8, 4) is 22.5 Å². The van der Waals surface area contributed by atoms with Crippen LogP contribution in [-0.4, -0.2) is 38.3 Å². The summed E-state index contributed by atoms with van der Waals surface area (Å²) in [5.74, 6) is -0.682. The van der Waals surface area contributed by atoms with Crippen LogP contribution in [0.2, 0.25) is 0 Å². The van der Waals surface area contributed by atoms with E-state index in [9.17, 15) is 22.7 Å². The molecule has 216 valence electrons. The van der Waals surface area contributed by atoms with Gasteiger partial charge in [-0.05, 0) is 53.6 Å². The number of anilines is 1. The highest BCUT2D eigenvalue weighted by Gasteiger charge is 2.24. The minimum Gasteiger partial charge on any atom is -0.755 e. The van der Waals surface area contributed by atoms with Crippen LogP contribution in [0.5, 0.6) is 0 Å². The lowest BCUT2D eigenvalue weighted by Crippen LogP contribution is -2.21. The quantitative estimate of drug-likeness (QED) is 0.252. The maximum absolute atomic E-state index is 13.7. The Morgan fingerprint density at radius 3 is 2.44 bits per heavy atom. The fraction of sp³-hybridized carbons (Fsp3) is 0.0938. The molecule has 0 aliphatic carbocycles. The first-order valence-electron chi connectivity index (χ1n) is 13.2. The molecular formula is C32H24FN4O5S-. The molecule has 6 rings (SSSR count). The molecule has 0 aliphatic heterocycles. The van der Waals surface area contributed by atoms with Crippen LogP contribution in [0.4, 0.5) is 10.1 Å². The second-order valence-corrected chi connectivity index (χ2v) is 10.8. The van der Waals surface area contributed by atoms with Crippen LogP contribution in [0, 0.1) is 5.82 Å². The highest BCUT2D eigenvalue weighted by Crippen LogP contribution is 2.41. The molecule has 0 radical (unpaired) electrons. The van der Waals surface area contributed by atoms with Crippen molar-refractivity contribution in [2.24, 2.45) is 0 Å². The summed E-state index contributed by atoms with van der Waals surface area (Å²) in [5, 5.41) is 3.38. The summed E-state index contributed by atoms with van der Waals surface area (Å²) in [6.07, 6.45) is 1.50. The minimum absolute atomic E-state index is 0.204. The van der Waals surface area contributed by atoms with Gasteiger partial charge in [-0.3, -0.25) is 18.4 Å². The number of furan rings is 1. The third kappa shape index (κ3) is 5.20. The van der Waals surface area contributed by atoms with Gasteiger partial charge in [-0.25, -0.2) is 9.37 Å². The van der Waals surface area contributed by atoms with Gasteiger partial charge in [-0.2, -0.15) is 0 Å². The van der Waals surface area contributed by atoms with E-state index in [-0.39, 0.29) is 28.2 Å². The average Bonchev–Trinajstić information content (AvgIpc) is 3.40. The predicted molar refractivity (Wildman–Crippen MR) is 163 cm³/mol. The summed E-state index contributed by atoms with van der Waals surface area (Å²) in [6.45, 7) is 0.332. The third-order valence-corrected chi connectivity index (χ3v) is 7.90. The predicted octanol–water partition coefficient (Wildman–Crippen LogP) is 5.25. The van der Waals surface area contributed by atoms with Crippen molar-refractivity contribution in [2.75, 3.05) is 18.4 Å². The van der Waals surface area contributed by atoms with Crippen molar-refractivity contribution in [1.82, 2.24) is 14.9 Å². The number of nitrogens with one attached hydrogen (secondary N) is 1. The molecule has 1 atom stereocenters. The Labute approximate surface area is 247 Å². The Morgan fingerprint density at radius 2 is 1.74 bits per heavy atom. The number of halogens is 1. The first-order chi connectivity index (χ1) is 20.7. The molecule has 1 unspecified atom stereocenters. The highest BCUT2D eigenvalue weighted by atomic mass is 32.2. The molecular weight excluding hydrogens is 571 g/mol. The minimum atomic E-state index is -2.65. The molecule has 0 spiro atoms. The number of carbonyl (C=O) groups is 1. The Morgan fingerprint density at radius 1 is 1.02 bits per heavy atom. The van der Waals surface area contributed by atoms with Gasteiger partial charge in [0.1, 0.15) is 17.2 Å². The van der Waals surface area contributed by atoms with Gasteiger partial charge in [-0.15, -0.1) is 0 Å². The topological polar surface area (TPSA) is 120 Å². The number of aromatic nitrogens is 2. The van der Waals surface area contributed by atoms with Gasteiger partial charge < -0.3 is 18.6 Å². The zero-order valence-corrected chi connectivity index (χ0v) is 23.9. The number of nitrogens with zero attached hydrogens (tertiary/aromatic N) is 3. The Balaban J connectivity index is 1.58. The molecule has 6 aromatic rings. The maximum Gasteiger partial charge on any atom is 0.261 e. The van der Waals surface area contributed by atoms with E-state index in [1.807, 2.05) is 30.3 Å². The zero-order valence-electron chi connectivity index (χ0n) is 23.0. The van der Waals surface area contributed by atoms with Crippen LogP contribution in [0.15, 0.2) is 100 Å². The van der Waals surface area contributed by atoms with Gasteiger partial charge in [0.2, 0.25) is 0 Å². The number of fused-ring (bicyclic) bond motifs is 2. The van der Waals surface area contributed by atoms with Gasteiger partial charge in [0.25, 0.3) is 11.5 Å². The van der Waals surface area contributed by atoms with E-state index in [2.05, 4.69) is 10.3 Å². The highest BCUT2D eigenvalue weighted by molar-refractivity contribution is 7.80. The molecule has 4 aromatic carbocycles. The molecule has 0 saturated heterocycles. The molecule has 0 fully saturated rings. The summed E-state index contributed by atoms with van der Waals surface area (Å²) in [4.78, 5) is 31.1. The smallest absolute Gasteiger partial charge is 0.261 e. The number of benzene rings is 4.